The Labute approximate surface area is 250 Å². The van der Waals surface area contributed by atoms with E-state index in [0.717, 1.165) is 17.1 Å². The fourth-order valence-electron chi connectivity index (χ4n) is 7.30. The molecular formula is C31H31F4N5O4. The normalized spacial score (nSPS) is 25.1. The second kappa shape index (κ2) is 11.0. The van der Waals surface area contributed by atoms with E-state index in [1.54, 1.807) is 11.0 Å². The number of nitrogens with zero attached hydrogens (tertiary/aromatic N) is 4. The second-order valence-corrected chi connectivity index (χ2v) is 12.3. The molecule has 2 unspecified atom stereocenters. The zero-order valence-electron chi connectivity index (χ0n) is 23.8. The number of amides is 3. The van der Waals surface area contributed by atoms with E-state index in [4.69, 9.17) is 4.52 Å². The third kappa shape index (κ3) is 5.15. The average Bonchev–Trinajstić information content (AvgIpc) is 3.53. The first-order valence-electron chi connectivity index (χ1n) is 14.9. The summed E-state index contributed by atoms with van der Waals surface area (Å²) < 4.78 is 65.1. The molecule has 0 aliphatic carbocycles. The molecule has 0 spiro atoms. The lowest BCUT2D eigenvalue weighted by Gasteiger charge is -2.45. The lowest BCUT2D eigenvalue weighted by Crippen LogP contribution is -2.59. The van der Waals surface area contributed by atoms with Gasteiger partial charge in [-0.1, -0.05) is 5.16 Å². The molecule has 3 amide bonds. The van der Waals surface area contributed by atoms with Crippen LogP contribution in [-0.4, -0.2) is 81.8 Å². The maximum absolute atomic E-state index is 15.6. The van der Waals surface area contributed by atoms with Gasteiger partial charge >= 0.3 is 0 Å². The fourth-order valence-corrected chi connectivity index (χ4v) is 7.30. The average molecular weight is 614 g/mol. The van der Waals surface area contributed by atoms with Crippen LogP contribution in [0.15, 0.2) is 34.9 Å². The molecule has 4 aliphatic heterocycles. The Bertz CT molecular complexity index is 1650. The molecule has 3 saturated heterocycles. The fraction of sp³-hybridized carbons (Fsp3) is 0.484. The molecule has 44 heavy (non-hydrogen) atoms. The van der Waals surface area contributed by atoms with Gasteiger partial charge in [0.15, 0.2) is 5.58 Å². The lowest BCUT2D eigenvalue weighted by molar-refractivity contribution is -0.137. The third-order valence-electron chi connectivity index (χ3n) is 9.54. The summed E-state index contributed by atoms with van der Waals surface area (Å²) in [5.74, 6) is -5.48. The summed E-state index contributed by atoms with van der Waals surface area (Å²) in [6, 6.07) is 5.20. The number of carbonyl (C=O) groups is 3. The minimum atomic E-state index is -3.02. The van der Waals surface area contributed by atoms with Crippen LogP contribution in [0.5, 0.6) is 0 Å². The van der Waals surface area contributed by atoms with Crippen molar-refractivity contribution in [2.24, 2.45) is 0 Å². The molecule has 0 saturated carbocycles. The monoisotopic (exact) mass is 613 g/mol. The molecule has 5 heterocycles. The van der Waals surface area contributed by atoms with E-state index < -0.39 is 53.9 Å². The van der Waals surface area contributed by atoms with Crippen LogP contribution in [0.25, 0.3) is 11.0 Å². The first kappa shape index (κ1) is 28.9. The summed E-state index contributed by atoms with van der Waals surface area (Å²) in [6.45, 7) is 0.834. The number of piperidine rings is 3. The zero-order chi connectivity index (χ0) is 30.7. The van der Waals surface area contributed by atoms with Crippen LogP contribution in [0, 0.1) is 11.6 Å². The summed E-state index contributed by atoms with van der Waals surface area (Å²) in [7, 11) is 0. The molecule has 3 aromatic rings. The molecule has 7 rings (SSSR count). The van der Waals surface area contributed by atoms with Gasteiger partial charge in [-0.25, -0.2) is 17.6 Å². The molecule has 1 N–H and O–H groups in total. The van der Waals surface area contributed by atoms with Crippen LogP contribution in [0.3, 0.4) is 0 Å². The highest BCUT2D eigenvalue weighted by atomic mass is 19.3. The SMILES string of the molecule is O=C1CCC(N2Cc3cc(CN4CCC(N5CCC(c6noc7cc(F)ccc67)CC5)C(F)(F)C4)c(F)cc3C2=O)C(=O)N1. The van der Waals surface area contributed by atoms with E-state index in [-0.39, 0.29) is 49.4 Å². The van der Waals surface area contributed by atoms with E-state index in [2.05, 4.69) is 10.5 Å². The summed E-state index contributed by atoms with van der Waals surface area (Å²) in [4.78, 5) is 41.5. The Morgan fingerprint density at radius 3 is 2.55 bits per heavy atom. The highest BCUT2D eigenvalue weighted by Crippen LogP contribution is 2.38. The number of carbonyl (C=O) groups excluding carboxylic acids is 3. The van der Waals surface area contributed by atoms with E-state index in [1.807, 2.05) is 4.90 Å². The lowest BCUT2D eigenvalue weighted by atomic mass is 9.89. The molecule has 2 atom stereocenters. The van der Waals surface area contributed by atoms with Crippen molar-refractivity contribution in [3.8, 4) is 0 Å². The van der Waals surface area contributed by atoms with Gasteiger partial charge in [-0.3, -0.25) is 29.5 Å². The highest BCUT2D eigenvalue weighted by molar-refractivity contribution is 6.05. The summed E-state index contributed by atoms with van der Waals surface area (Å²) in [6.07, 6.45) is 1.78. The number of alkyl halides is 2. The number of imide groups is 1. The molecule has 1 aromatic heterocycles. The van der Waals surface area contributed by atoms with E-state index >= 15 is 13.2 Å². The van der Waals surface area contributed by atoms with Crippen LogP contribution in [0.2, 0.25) is 0 Å². The number of hydrogen-bond donors (Lipinski definition) is 1. The van der Waals surface area contributed by atoms with Gasteiger partial charge in [-0.2, -0.15) is 0 Å². The van der Waals surface area contributed by atoms with Gasteiger partial charge < -0.3 is 9.42 Å². The number of hydrogen-bond acceptors (Lipinski definition) is 7. The van der Waals surface area contributed by atoms with Gasteiger partial charge in [0.2, 0.25) is 11.8 Å². The van der Waals surface area contributed by atoms with Gasteiger partial charge in [0.25, 0.3) is 11.8 Å². The smallest absolute Gasteiger partial charge is 0.275 e. The minimum absolute atomic E-state index is 0.0318. The predicted octanol–water partition coefficient (Wildman–Crippen LogP) is 3.96. The van der Waals surface area contributed by atoms with Crippen LogP contribution in [-0.2, 0) is 22.7 Å². The first-order valence-corrected chi connectivity index (χ1v) is 14.9. The second-order valence-electron chi connectivity index (χ2n) is 12.3. The molecule has 4 aliphatic rings. The number of benzene rings is 2. The number of halogens is 4. The number of likely N-dealkylation sites (tertiary alicyclic amines) is 2. The van der Waals surface area contributed by atoms with Crippen LogP contribution in [0.4, 0.5) is 17.6 Å². The Balaban J connectivity index is 0.979. The Hall–Kier alpha value is -3.84. The molecule has 9 nitrogen and oxygen atoms in total. The Kier molecular flexibility index (Phi) is 7.19. The van der Waals surface area contributed by atoms with Crippen molar-refractivity contribution >= 4 is 28.7 Å². The molecular weight excluding hydrogens is 582 g/mol. The molecule has 0 bridgehead atoms. The maximum atomic E-state index is 15.6. The minimum Gasteiger partial charge on any atom is -0.356 e. The van der Waals surface area contributed by atoms with Crippen molar-refractivity contribution in [3.05, 3.63) is 64.4 Å². The first-order chi connectivity index (χ1) is 21.1. The van der Waals surface area contributed by atoms with Crippen molar-refractivity contribution in [2.75, 3.05) is 26.2 Å². The molecule has 13 heteroatoms. The van der Waals surface area contributed by atoms with Gasteiger partial charge in [0.1, 0.15) is 17.7 Å². The topological polar surface area (TPSA) is 99.0 Å². The van der Waals surface area contributed by atoms with Gasteiger partial charge in [0, 0.05) is 54.6 Å². The summed E-state index contributed by atoms with van der Waals surface area (Å²) >= 11 is 0. The zero-order valence-corrected chi connectivity index (χ0v) is 23.8. The largest absolute Gasteiger partial charge is 0.356 e. The van der Waals surface area contributed by atoms with E-state index in [1.165, 1.54) is 23.1 Å². The molecule has 232 valence electrons. The number of rotatable bonds is 5. The van der Waals surface area contributed by atoms with Crippen LogP contribution in [0.1, 0.15) is 65.2 Å². The summed E-state index contributed by atoms with van der Waals surface area (Å²) in [5, 5.41) is 7.13. The Morgan fingerprint density at radius 1 is 1.00 bits per heavy atom. The van der Waals surface area contributed by atoms with Crippen molar-refractivity contribution in [2.45, 2.75) is 69.1 Å². The van der Waals surface area contributed by atoms with Gasteiger partial charge in [0.05, 0.1) is 18.3 Å². The number of fused-ring (bicyclic) bond motifs is 2. The number of aromatic nitrogens is 1. The predicted molar refractivity (Wildman–Crippen MR) is 149 cm³/mol. The molecule has 0 radical (unpaired) electrons. The maximum Gasteiger partial charge on any atom is 0.275 e. The van der Waals surface area contributed by atoms with Crippen molar-refractivity contribution in [3.63, 3.8) is 0 Å². The third-order valence-corrected chi connectivity index (χ3v) is 9.54. The van der Waals surface area contributed by atoms with Crippen LogP contribution >= 0.6 is 0 Å². The van der Waals surface area contributed by atoms with E-state index in [9.17, 15) is 18.8 Å². The van der Waals surface area contributed by atoms with Crippen LogP contribution < -0.4 is 5.32 Å². The van der Waals surface area contributed by atoms with Crippen molar-refractivity contribution in [1.29, 1.82) is 0 Å². The highest BCUT2D eigenvalue weighted by Gasteiger charge is 2.48. The molecule has 3 fully saturated rings. The van der Waals surface area contributed by atoms with Gasteiger partial charge in [-0.05, 0) is 68.6 Å². The quantitative estimate of drug-likeness (QED) is 0.344. The van der Waals surface area contributed by atoms with Crippen molar-refractivity contribution in [1.82, 2.24) is 25.2 Å². The summed E-state index contributed by atoms with van der Waals surface area (Å²) in [5.41, 5.74) is 2.01. The van der Waals surface area contributed by atoms with Gasteiger partial charge in [-0.15, -0.1) is 0 Å². The number of nitrogens with one attached hydrogen (secondary N) is 1. The molecule has 2 aromatic carbocycles. The van der Waals surface area contributed by atoms with Crippen molar-refractivity contribution < 1.29 is 36.5 Å². The standard InChI is InChI=1S/C31H31F4N5O4/c32-20-1-2-21-25(12-20)44-37-28(21)17-5-9-39(10-6-17)26-7-8-38(16-31(26,34)35)14-19-11-18-15-40(30(43)22(18)13-23(19)33)24-3-4-27(41)36-29(24)42/h1-2,11-13,17,24,26H,3-10,14-16H2,(H,36,41,42). The Morgan fingerprint density at radius 2 is 1.80 bits per heavy atom. The van der Waals surface area contributed by atoms with E-state index in [0.29, 0.717) is 43.6 Å².